The van der Waals surface area contributed by atoms with Crippen molar-refractivity contribution in [3.8, 4) is 0 Å². The fraction of sp³-hybridized carbons (Fsp3) is 0.154. The van der Waals surface area contributed by atoms with Crippen LogP contribution in [0.3, 0.4) is 0 Å². The van der Waals surface area contributed by atoms with Gasteiger partial charge in [-0.05, 0) is 78.9 Å². The number of hydrogen-bond acceptors (Lipinski definition) is 3. The van der Waals surface area contributed by atoms with Crippen molar-refractivity contribution < 1.29 is 9.59 Å². The van der Waals surface area contributed by atoms with Gasteiger partial charge in [0, 0.05) is 33.6 Å². The largest absolute Gasteiger partial charge is 0.344 e. The quantitative estimate of drug-likeness (QED) is 0.448. The van der Waals surface area contributed by atoms with Gasteiger partial charge in [0.05, 0.1) is 18.8 Å². The molecule has 0 radical (unpaired) electrons. The number of carbonyl (C=O) groups is 2. The lowest BCUT2D eigenvalue weighted by Gasteiger charge is -2.21. The van der Waals surface area contributed by atoms with Crippen LogP contribution < -0.4 is 10.2 Å². The Kier molecular flexibility index (Phi) is 5.15. The SMILES string of the molecule is Cc1cccc(C(=O)Nc2ccc(C(=O)N3Cc4cccn4Cc4sccc43)cc2)c1C. The average molecular weight is 442 g/mol. The predicted molar refractivity (Wildman–Crippen MR) is 129 cm³/mol. The summed E-state index contributed by atoms with van der Waals surface area (Å²) in [6.45, 7) is 5.25. The van der Waals surface area contributed by atoms with Crippen LogP contribution in [0.1, 0.15) is 42.4 Å². The van der Waals surface area contributed by atoms with Gasteiger partial charge in [0.1, 0.15) is 0 Å². The monoisotopic (exact) mass is 441 g/mol. The molecule has 2 aromatic heterocycles. The van der Waals surface area contributed by atoms with Crippen LogP contribution in [0.5, 0.6) is 0 Å². The highest BCUT2D eigenvalue weighted by molar-refractivity contribution is 7.10. The van der Waals surface area contributed by atoms with Crippen molar-refractivity contribution in [1.29, 1.82) is 0 Å². The second-order valence-corrected chi connectivity index (χ2v) is 9.03. The molecule has 160 valence electrons. The summed E-state index contributed by atoms with van der Waals surface area (Å²) in [7, 11) is 0. The predicted octanol–water partition coefficient (Wildman–Crippen LogP) is 5.63. The van der Waals surface area contributed by atoms with Crippen LogP contribution in [-0.4, -0.2) is 16.4 Å². The van der Waals surface area contributed by atoms with Gasteiger partial charge in [-0.15, -0.1) is 11.3 Å². The van der Waals surface area contributed by atoms with Gasteiger partial charge >= 0.3 is 0 Å². The first-order chi connectivity index (χ1) is 15.5. The third-order valence-corrected chi connectivity index (χ3v) is 6.95. The Morgan fingerprint density at radius 1 is 0.938 bits per heavy atom. The van der Waals surface area contributed by atoms with E-state index in [1.165, 1.54) is 4.88 Å². The Labute approximate surface area is 190 Å². The fourth-order valence-electron chi connectivity index (χ4n) is 4.07. The molecule has 0 fully saturated rings. The van der Waals surface area contributed by atoms with Gasteiger partial charge in [0.2, 0.25) is 0 Å². The van der Waals surface area contributed by atoms with Gasteiger partial charge < -0.3 is 14.8 Å². The van der Waals surface area contributed by atoms with Crippen LogP contribution in [0.4, 0.5) is 11.4 Å². The summed E-state index contributed by atoms with van der Waals surface area (Å²) in [5, 5.41) is 4.97. The van der Waals surface area contributed by atoms with Gasteiger partial charge in [-0.2, -0.15) is 0 Å². The number of aromatic nitrogens is 1. The molecule has 0 aliphatic carbocycles. The van der Waals surface area contributed by atoms with Gasteiger partial charge in [-0.1, -0.05) is 12.1 Å². The van der Waals surface area contributed by atoms with Crippen molar-refractivity contribution in [3.63, 3.8) is 0 Å². The van der Waals surface area contributed by atoms with E-state index in [1.54, 1.807) is 35.6 Å². The first kappa shape index (κ1) is 20.3. The minimum Gasteiger partial charge on any atom is -0.344 e. The van der Waals surface area contributed by atoms with Gasteiger partial charge in [-0.25, -0.2) is 0 Å². The maximum absolute atomic E-state index is 13.4. The van der Waals surface area contributed by atoms with Crippen molar-refractivity contribution in [1.82, 2.24) is 4.57 Å². The topological polar surface area (TPSA) is 54.3 Å². The maximum atomic E-state index is 13.4. The number of thiophene rings is 1. The Balaban J connectivity index is 1.37. The third-order valence-electron chi connectivity index (χ3n) is 6.05. The molecule has 0 saturated carbocycles. The summed E-state index contributed by atoms with van der Waals surface area (Å²) in [5.74, 6) is -0.201. The number of aryl methyl sites for hydroxylation is 1. The Morgan fingerprint density at radius 3 is 2.56 bits per heavy atom. The van der Waals surface area contributed by atoms with Gasteiger partial charge in [0.15, 0.2) is 0 Å². The van der Waals surface area contributed by atoms with E-state index >= 15 is 0 Å². The van der Waals surface area contributed by atoms with Crippen molar-refractivity contribution in [2.45, 2.75) is 26.9 Å². The zero-order chi connectivity index (χ0) is 22.2. The second kappa shape index (κ2) is 8.13. The molecule has 0 bridgehead atoms. The van der Waals surface area contributed by atoms with Gasteiger partial charge in [0.25, 0.3) is 11.8 Å². The van der Waals surface area contributed by atoms with Crippen LogP contribution in [0.2, 0.25) is 0 Å². The summed E-state index contributed by atoms with van der Waals surface area (Å²) in [5.41, 5.74) is 6.03. The summed E-state index contributed by atoms with van der Waals surface area (Å²) in [4.78, 5) is 29.1. The molecule has 1 aliphatic rings. The number of amides is 2. The molecule has 0 spiro atoms. The highest BCUT2D eigenvalue weighted by atomic mass is 32.1. The Hall–Kier alpha value is -3.64. The molecule has 0 unspecified atom stereocenters. The second-order valence-electron chi connectivity index (χ2n) is 8.03. The summed E-state index contributed by atoms with van der Waals surface area (Å²) in [6.07, 6.45) is 2.06. The average Bonchev–Trinajstić information content (AvgIpc) is 3.41. The highest BCUT2D eigenvalue weighted by Crippen LogP contribution is 2.33. The summed E-state index contributed by atoms with van der Waals surface area (Å²) in [6, 6.07) is 18.9. The van der Waals surface area contributed by atoms with Crippen molar-refractivity contribution in [2.24, 2.45) is 0 Å². The number of nitrogens with one attached hydrogen (secondary N) is 1. The van der Waals surface area contributed by atoms with Crippen LogP contribution in [0.25, 0.3) is 0 Å². The molecule has 0 atom stereocenters. The van der Waals surface area contributed by atoms with E-state index in [1.807, 2.05) is 54.5 Å². The number of anilines is 2. The van der Waals surface area contributed by atoms with Crippen LogP contribution >= 0.6 is 11.3 Å². The fourth-order valence-corrected chi connectivity index (χ4v) is 4.94. The lowest BCUT2D eigenvalue weighted by Crippen LogP contribution is -2.30. The molecule has 1 aliphatic heterocycles. The van der Waals surface area contributed by atoms with E-state index in [9.17, 15) is 9.59 Å². The van der Waals surface area contributed by atoms with Crippen LogP contribution in [0.15, 0.2) is 72.2 Å². The molecule has 1 N–H and O–H groups in total. The minimum absolute atomic E-state index is 0.0493. The highest BCUT2D eigenvalue weighted by Gasteiger charge is 2.25. The van der Waals surface area contributed by atoms with Crippen molar-refractivity contribution >= 4 is 34.5 Å². The first-order valence-corrected chi connectivity index (χ1v) is 11.4. The van der Waals surface area contributed by atoms with E-state index < -0.39 is 0 Å². The molecule has 2 amide bonds. The molecular formula is C26H23N3O2S. The van der Waals surface area contributed by atoms with E-state index in [-0.39, 0.29) is 11.8 Å². The summed E-state index contributed by atoms with van der Waals surface area (Å²) >= 11 is 1.67. The standard InChI is InChI=1S/C26H23N3O2S/c1-17-5-3-7-22(18(17)2)25(30)27-20-10-8-19(9-11-20)26(31)29-15-21-6-4-13-28(21)16-24-23(29)12-14-32-24/h3-14H,15-16H2,1-2H3,(H,27,30). The molecule has 3 heterocycles. The number of rotatable bonds is 3. The minimum atomic E-state index is -0.151. The number of carbonyl (C=O) groups excluding carboxylic acids is 2. The number of benzene rings is 2. The van der Waals surface area contributed by atoms with E-state index in [0.717, 1.165) is 29.1 Å². The van der Waals surface area contributed by atoms with E-state index in [4.69, 9.17) is 0 Å². The molecule has 5 nitrogen and oxygen atoms in total. The lowest BCUT2D eigenvalue weighted by atomic mass is 10.0. The molecule has 32 heavy (non-hydrogen) atoms. The number of fused-ring (bicyclic) bond motifs is 2. The van der Waals surface area contributed by atoms with Crippen LogP contribution in [0, 0.1) is 13.8 Å². The Morgan fingerprint density at radius 2 is 1.75 bits per heavy atom. The maximum Gasteiger partial charge on any atom is 0.258 e. The van der Waals surface area contributed by atoms with Crippen LogP contribution in [-0.2, 0) is 13.1 Å². The molecular weight excluding hydrogens is 418 g/mol. The van der Waals surface area contributed by atoms with Gasteiger partial charge in [-0.3, -0.25) is 9.59 Å². The number of hydrogen-bond donors (Lipinski definition) is 1. The zero-order valence-electron chi connectivity index (χ0n) is 18.0. The third kappa shape index (κ3) is 3.63. The molecule has 6 heteroatoms. The van der Waals surface area contributed by atoms with Crippen molar-refractivity contribution in [2.75, 3.05) is 10.2 Å². The van der Waals surface area contributed by atoms with E-state index in [2.05, 4.69) is 22.1 Å². The van der Waals surface area contributed by atoms with Crippen molar-refractivity contribution in [3.05, 3.63) is 105 Å². The lowest BCUT2D eigenvalue weighted by molar-refractivity contribution is 0.0984. The normalized spacial score (nSPS) is 12.6. The molecule has 5 rings (SSSR count). The zero-order valence-corrected chi connectivity index (χ0v) is 18.8. The number of nitrogens with zero attached hydrogens (tertiary/aromatic N) is 2. The van der Waals surface area contributed by atoms with E-state index in [0.29, 0.717) is 23.4 Å². The molecule has 4 aromatic rings. The summed E-state index contributed by atoms with van der Waals surface area (Å²) < 4.78 is 2.19. The smallest absolute Gasteiger partial charge is 0.258 e. The Bertz CT molecular complexity index is 1320. The molecule has 0 saturated heterocycles. The molecule has 2 aromatic carbocycles. The first-order valence-electron chi connectivity index (χ1n) is 10.5.